The van der Waals surface area contributed by atoms with Gasteiger partial charge in [0.1, 0.15) is 10.1 Å². The summed E-state index contributed by atoms with van der Waals surface area (Å²) >= 11 is 0. The van der Waals surface area contributed by atoms with Gasteiger partial charge in [0.2, 0.25) is 0 Å². The zero-order chi connectivity index (χ0) is 7.65. The van der Waals surface area contributed by atoms with E-state index in [4.69, 9.17) is 1.28 Å². The lowest BCUT2D eigenvalue weighted by molar-refractivity contribution is -0.161. The first-order chi connectivity index (χ1) is 3.85. The minimum absolute atomic E-state index is 2.60. The van der Waals surface area contributed by atoms with Gasteiger partial charge in [0.25, 0.3) is 5.52 Å². The van der Waals surface area contributed by atoms with E-state index in [1.165, 1.54) is 0 Å². The van der Waals surface area contributed by atoms with Crippen LogP contribution in [0.5, 0.6) is 0 Å². The SMILES string of the molecule is [3H]P(F)C(=O)C(F)(F)F. The van der Waals surface area contributed by atoms with Gasteiger partial charge in [-0.25, -0.2) is 4.20 Å². The molecule has 1 atom stereocenters. The van der Waals surface area contributed by atoms with Crippen LogP contribution in [0.15, 0.2) is 0 Å². The number of carbonyl (C=O) groups is 1. The van der Waals surface area contributed by atoms with E-state index in [0.29, 0.717) is 0 Å². The number of halogens is 4. The molecule has 8 heavy (non-hydrogen) atoms. The fourth-order valence-corrected chi connectivity index (χ4v) is 0.144. The van der Waals surface area contributed by atoms with Crippen LogP contribution in [-0.4, -0.2) is 13.0 Å². The van der Waals surface area contributed by atoms with Crippen molar-refractivity contribution in [1.82, 2.24) is 0 Å². The Morgan fingerprint density at radius 2 is 2.00 bits per heavy atom. The number of alkyl halides is 3. The maximum Gasteiger partial charge on any atom is 0.456 e. The van der Waals surface area contributed by atoms with E-state index in [2.05, 4.69) is 0 Å². The zero-order valence-electron chi connectivity index (χ0n) is 4.37. The lowest BCUT2D eigenvalue weighted by Crippen LogP contribution is -2.16. The average molecular weight is 150 g/mol. The van der Waals surface area contributed by atoms with Crippen molar-refractivity contribution in [3.63, 3.8) is 0 Å². The first kappa shape index (κ1) is 5.95. The van der Waals surface area contributed by atoms with Gasteiger partial charge in [-0.2, -0.15) is 13.2 Å². The summed E-state index contributed by atoms with van der Waals surface area (Å²) < 4.78 is 50.0. The van der Waals surface area contributed by atoms with E-state index in [1.807, 2.05) is 0 Å². The second-order valence-corrected chi connectivity index (χ2v) is 1.46. The van der Waals surface area contributed by atoms with Gasteiger partial charge in [-0.15, -0.1) is 0 Å². The molecule has 0 rings (SSSR count). The van der Waals surface area contributed by atoms with Gasteiger partial charge < -0.3 is 0 Å². The molecule has 6 heteroatoms. The Kier molecular flexibility index (Phi) is 1.78. The summed E-state index contributed by atoms with van der Waals surface area (Å²) in [4.78, 5) is 9.51. The van der Waals surface area contributed by atoms with Crippen molar-refractivity contribution >= 4 is 14.4 Å². The monoisotopic (exact) mass is 150 g/mol. The van der Waals surface area contributed by atoms with Crippen LogP contribution in [0.1, 0.15) is 0 Å². The molecule has 0 aromatic carbocycles. The summed E-state index contributed by atoms with van der Waals surface area (Å²) in [6, 6.07) is 0. The van der Waals surface area contributed by atoms with E-state index in [1.54, 1.807) is 0 Å². The van der Waals surface area contributed by atoms with Gasteiger partial charge in [-0.3, -0.25) is 4.79 Å². The Morgan fingerprint density at radius 3 is 2.00 bits per heavy atom. The maximum absolute atomic E-state index is 11.3. The molecule has 1 unspecified atom stereocenters. The van der Waals surface area contributed by atoms with Crippen LogP contribution in [0.4, 0.5) is 17.4 Å². The predicted octanol–water partition coefficient (Wildman–Crippen LogP) is 1.64. The van der Waals surface area contributed by atoms with Crippen molar-refractivity contribution in [2.24, 2.45) is 0 Å². The second kappa shape index (κ2) is 2.40. The van der Waals surface area contributed by atoms with Crippen LogP contribution < -0.4 is 0 Å². The second-order valence-electron chi connectivity index (χ2n) is 0.887. The summed E-state index contributed by atoms with van der Waals surface area (Å²) in [6.45, 7) is 0. The average Bonchev–Trinajstić information content (AvgIpc) is 1.62. The summed E-state index contributed by atoms with van der Waals surface area (Å²) in [6.07, 6.45) is -5.19. The molecule has 0 aliphatic heterocycles. The third-order valence-electron chi connectivity index (χ3n) is 0.319. The third kappa shape index (κ3) is 2.21. The molecule has 0 radical (unpaired) electrons. The fraction of sp³-hybridized carbons (Fsp3) is 0.500. The molecular formula is C2HF4OP. The summed E-state index contributed by atoms with van der Waals surface area (Å²) in [5.74, 6) is 0. The topological polar surface area (TPSA) is 17.1 Å². The number of rotatable bonds is 1. The van der Waals surface area contributed by atoms with E-state index >= 15 is 0 Å². The molecular weight excluding hydrogens is 147 g/mol. The summed E-state index contributed by atoms with van der Waals surface area (Å²) in [5, 5.41) is 0. The third-order valence-corrected chi connectivity index (χ3v) is 0.726. The highest BCUT2D eigenvalue weighted by Crippen LogP contribution is 2.27. The van der Waals surface area contributed by atoms with Gasteiger partial charge in [0, 0.05) is 0 Å². The van der Waals surface area contributed by atoms with Gasteiger partial charge in [-0.05, 0) is 0 Å². The first-order valence-corrected chi connectivity index (χ1v) is 2.20. The molecule has 0 spiro atoms. The highest BCUT2D eigenvalue weighted by Gasteiger charge is 2.38. The van der Waals surface area contributed by atoms with Crippen LogP contribution in [0.3, 0.4) is 0 Å². The first-order valence-electron chi connectivity index (χ1n) is 1.86. The Bertz CT molecular complexity index is 120. The minimum atomic E-state index is -5.19. The van der Waals surface area contributed by atoms with Crippen molar-refractivity contribution < 1.29 is 22.2 Å². The van der Waals surface area contributed by atoms with E-state index in [-0.39, 0.29) is 0 Å². The van der Waals surface area contributed by atoms with E-state index in [0.717, 1.165) is 0 Å². The zero-order valence-corrected chi connectivity index (χ0v) is 4.26. The standard InChI is InChI=1S/C2HF4OP/c3-2(4,5)1(7)8-6/h8H/i8T. The molecule has 0 heterocycles. The highest BCUT2D eigenvalue weighted by atomic mass is 31.1. The number of carbonyl (C=O) groups excluding carboxylic acids is 1. The molecule has 0 aromatic heterocycles. The number of hydrogen-bond donors (Lipinski definition) is 0. The largest absolute Gasteiger partial charge is 0.456 e. The van der Waals surface area contributed by atoms with Crippen molar-refractivity contribution in [1.29, 1.82) is 1.28 Å². The molecule has 0 N–H and O–H groups in total. The smallest absolute Gasteiger partial charge is 0.282 e. The molecule has 1 nitrogen and oxygen atoms in total. The van der Waals surface area contributed by atoms with Gasteiger partial charge in [0.15, 0.2) is 0 Å². The minimum Gasteiger partial charge on any atom is -0.282 e. The van der Waals surface area contributed by atoms with Gasteiger partial charge in [-0.1, -0.05) is 0 Å². The molecule has 0 amide bonds. The van der Waals surface area contributed by atoms with Crippen LogP contribution in [0.2, 0.25) is 0 Å². The quantitative estimate of drug-likeness (QED) is 0.410. The molecule has 0 aliphatic carbocycles. The van der Waals surface area contributed by atoms with Crippen LogP contribution in [0.25, 0.3) is 0 Å². The number of hydrogen-bond acceptors (Lipinski definition) is 1. The normalized spacial score (nSPS) is 17.2. The van der Waals surface area contributed by atoms with Crippen LogP contribution >= 0.6 is 8.84 Å². The fourth-order valence-electron chi connectivity index (χ4n) is 0.0479. The molecule has 0 fully saturated rings. The van der Waals surface area contributed by atoms with Gasteiger partial charge in [0.05, 0.1) is 0 Å². The summed E-state index contributed by atoms with van der Waals surface area (Å²) in [5.41, 5.74) is -2.60. The predicted molar refractivity (Wildman–Crippen MR) is 20.5 cm³/mol. The van der Waals surface area contributed by atoms with Gasteiger partial charge >= 0.3 is 6.18 Å². The lowest BCUT2D eigenvalue weighted by Gasteiger charge is -1.97. The Morgan fingerprint density at radius 1 is 1.62 bits per heavy atom. The Balaban J connectivity index is 4.06. The highest BCUT2D eigenvalue weighted by molar-refractivity contribution is 7.53. The molecule has 0 aliphatic rings. The molecule has 0 aromatic rings. The Labute approximate surface area is 45.2 Å². The lowest BCUT2D eigenvalue weighted by atomic mass is 10.8. The van der Waals surface area contributed by atoms with Crippen molar-refractivity contribution in [2.45, 2.75) is 6.18 Å². The maximum atomic E-state index is 11.3. The molecule has 0 saturated carbocycles. The molecule has 0 saturated heterocycles. The van der Waals surface area contributed by atoms with E-state index in [9.17, 15) is 22.2 Å². The van der Waals surface area contributed by atoms with Crippen LogP contribution in [-0.2, 0) is 4.79 Å². The molecule has 0 bridgehead atoms. The Hall–Kier alpha value is -0.180. The van der Waals surface area contributed by atoms with Crippen LogP contribution in [0, 0.1) is 0 Å². The van der Waals surface area contributed by atoms with Crippen molar-refractivity contribution in [3.8, 4) is 0 Å². The summed E-state index contributed by atoms with van der Waals surface area (Å²) in [7, 11) is -3.76. The van der Waals surface area contributed by atoms with E-state index < -0.39 is 20.5 Å². The molecule has 48 valence electrons. The van der Waals surface area contributed by atoms with Crippen molar-refractivity contribution in [3.05, 3.63) is 0 Å². The van der Waals surface area contributed by atoms with Crippen molar-refractivity contribution in [2.75, 3.05) is 0 Å².